The van der Waals surface area contributed by atoms with E-state index in [-0.39, 0.29) is 0 Å². The van der Waals surface area contributed by atoms with E-state index in [2.05, 4.69) is 5.32 Å². The van der Waals surface area contributed by atoms with Crippen molar-refractivity contribution in [3.63, 3.8) is 0 Å². The van der Waals surface area contributed by atoms with Gasteiger partial charge in [0, 0.05) is 12.6 Å². The summed E-state index contributed by atoms with van der Waals surface area (Å²) in [5, 5.41) is 5.02. The van der Waals surface area contributed by atoms with Crippen LogP contribution in [0, 0.1) is 5.92 Å². The average molecular weight is 429 g/mol. The van der Waals surface area contributed by atoms with Crippen LogP contribution in [0.2, 0.25) is 0 Å². The minimum absolute atomic E-state index is 0.314. The first kappa shape index (κ1) is 20.8. The van der Waals surface area contributed by atoms with Gasteiger partial charge in [0.1, 0.15) is 5.75 Å². The van der Waals surface area contributed by atoms with E-state index in [1.807, 2.05) is 0 Å². The van der Waals surface area contributed by atoms with Crippen molar-refractivity contribution < 1.29 is 23.9 Å². The van der Waals surface area contributed by atoms with E-state index in [9.17, 15) is 19.2 Å². The van der Waals surface area contributed by atoms with Gasteiger partial charge in [0.25, 0.3) is 11.8 Å². The summed E-state index contributed by atoms with van der Waals surface area (Å²) in [6.45, 7) is 1.28. The number of carbonyl (C=O) groups is 4. The monoisotopic (exact) mass is 429 g/mol. The van der Waals surface area contributed by atoms with Crippen molar-refractivity contribution in [2.24, 2.45) is 5.92 Å². The molecule has 0 aromatic heterocycles. The van der Waals surface area contributed by atoms with Crippen LogP contribution in [0.1, 0.15) is 6.92 Å². The molecule has 1 fully saturated rings. The van der Waals surface area contributed by atoms with Crippen LogP contribution in [-0.2, 0) is 19.2 Å². The van der Waals surface area contributed by atoms with Gasteiger partial charge in [0.15, 0.2) is 5.92 Å². The summed E-state index contributed by atoms with van der Waals surface area (Å²) in [6.07, 6.45) is 0. The van der Waals surface area contributed by atoms with Crippen LogP contribution in [0.3, 0.4) is 0 Å². The molecule has 1 aliphatic heterocycles. The lowest BCUT2D eigenvalue weighted by atomic mass is 10.1. The molecule has 4 rings (SSSR count). The van der Waals surface area contributed by atoms with Crippen LogP contribution in [0.5, 0.6) is 5.75 Å². The number of hydrazine groups is 1. The molecule has 3 aromatic rings. The van der Waals surface area contributed by atoms with E-state index < -0.39 is 29.6 Å². The van der Waals surface area contributed by atoms with Crippen molar-refractivity contribution >= 4 is 40.8 Å². The van der Waals surface area contributed by atoms with Crippen LogP contribution in [0.25, 0.3) is 0 Å². The second-order valence-corrected chi connectivity index (χ2v) is 7.01. The zero-order valence-corrected chi connectivity index (χ0v) is 17.1. The zero-order chi connectivity index (χ0) is 22.7. The second kappa shape index (κ2) is 8.73. The van der Waals surface area contributed by atoms with Gasteiger partial charge in [0.2, 0.25) is 5.91 Å². The van der Waals surface area contributed by atoms with Gasteiger partial charge in [-0.3, -0.25) is 19.2 Å². The number of hydrogen-bond acceptors (Lipinski definition) is 5. The summed E-state index contributed by atoms with van der Waals surface area (Å²) >= 11 is 0. The second-order valence-electron chi connectivity index (χ2n) is 7.01. The van der Waals surface area contributed by atoms with Crippen LogP contribution >= 0.6 is 0 Å². The van der Waals surface area contributed by atoms with Crippen LogP contribution in [0.4, 0.5) is 17.1 Å². The predicted molar refractivity (Wildman–Crippen MR) is 118 cm³/mol. The Bertz CT molecular complexity index is 1110. The van der Waals surface area contributed by atoms with Crippen molar-refractivity contribution in [1.82, 2.24) is 0 Å². The van der Waals surface area contributed by atoms with Gasteiger partial charge >= 0.3 is 5.97 Å². The molecule has 3 amide bonds. The Morgan fingerprint density at radius 1 is 0.750 bits per heavy atom. The van der Waals surface area contributed by atoms with E-state index in [0.29, 0.717) is 22.8 Å². The molecule has 0 saturated carbocycles. The number of amides is 3. The lowest BCUT2D eigenvalue weighted by molar-refractivity contribution is -0.135. The van der Waals surface area contributed by atoms with Crippen molar-refractivity contribution in [2.75, 3.05) is 15.3 Å². The molecule has 1 N–H and O–H groups in total. The number of carbonyl (C=O) groups excluding carboxylic acids is 4. The quantitative estimate of drug-likeness (QED) is 0.382. The standard InChI is InChI=1S/C24H19N3O5/c1-16(28)32-20-14-12-17(13-15-20)25-22(29)21-23(30)26(18-8-4-2-5-9-18)27(24(21)31)19-10-6-3-7-11-19/h2-15,21H,1H3,(H,25,29). The lowest BCUT2D eigenvalue weighted by Gasteiger charge is -2.27. The Labute approximate surface area is 184 Å². The largest absolute Gasteiger partial charge is 0.427 e. The normalized spacial score (nSPS) is 13.9. The minimum Gasteiger partial charge on any atom is -0.427 e. The number of hydrogen-bond donors (Lipinski definition) is 1. The fourth-order valence-corrected chi connectivity index (χ4v) is 3.38. The van der Waals surface area contributed by atoms with Crippen molar-refractivity contribution in [1.29, 1.82) is 0 Å². The predicted octanol–water partition coefficient (Wildman–Crippen LogP) is 3.16. The Morgan fingerprint density at radius 3 is 1.66 bits per heavy atom. The molecule has 0 unspecified atom stereocenters. The molecule has 1 heterocycles. The summed E-state index contributed by atoms with van der Waals surface area (Å²) in [5.41, 5.74) is 1.29. The van der Waals surface area contributed by atoms with Crippen LogP contribution < -0.4 is 20.1 Å². The Kier molecular flexibility index (Phi) is 5.67. The van der Waals surface area contributed by atoms with Crippen molar-refractivity contribution in [3.05, 3.63) is 84.9 Å². The Morgan fingerprint density at radius 2 is 1.22 bits per heavy atom. The Balaban J connectivity index is 1.62. The molecule has 0 aliphatic carbocycles. The molecule has 160 valence electrons. The maximum Gasteiger partial charge on any atom is 0.308 e. The fourth-order valence-electron chi connectivity index (χ4n) is 3.38. The molecule has 1 saturated heterocycles. The molecular formula is C24H19N3O5. The van der Waals surface area contributed by atoms with Gasteiger partial charge in [-0.25, -0.2) is 10.0 Å². The summed E-state index contributed by atoms with van der Waals surface area (Å²) in [5.74, 6) is -3.76. The molecule has 1 aliphatic rings. The van der Waals surface area contributed by atoms with E-state index in [1.165, 1.54) is 41.2 Å². The number of ether oxygens (including phenoxy) is 1. The molecule has 0 atom stereocenters. The van der Waals surface area contributed by atoms with Crippen LogP contribution in [0.15, 0.2) is 84.9 Å². The van der Waals surface area contributed by atoms with Gasteiger partial charge in [-0.1, -0.05) is 36.4 Å². The number of benzene rings is 3. The summed E-state index contributed by atoms with van der Waals surface area (Å²) in [6, 6.07) is 23.4. The van der Waals surface area contributed by atoms with Gasteiger partial charge in [-0.05, 0) is 48.5 Å². The van der Waals surface area contributed by atoms with Gasteiger partial charge in [0.05, 0.1) is 11.4 Å². The van der Waals surface area contributed by atoms with E-state index in [4.69, 9.17) is 4.74 Å². The van der Waals surface area contributed by atoms with Crippen molar-refractivity contribution in [2.45, 2.75) is 6.92 Å². The van der Waals surface area contributed by atoms with E-state index in [1.54, 1.807) is 60.7 Å². The first-order valence-electron chi connectivity index (χ1n) is 9.83. The molecule has 0 radical (unpaired) electrons. The minimum atomic E-state index is -1.55. The van der Waals surface area contributed by atoms with Gasteiger partial charge in [-0.2, -0.15) is 0 Å². The third-order valence-electron chi connectivity index (χ3n) is 4.76. The van der Waals surface area contributed by atoms with E-state index in [0.717, 1.165) is 0 Å². The zero-order valence-electron chi connectivity index (χ0n) is 17.1. The molecule has 0 bridgehead atoms. The molecule has 8 nitrogen and oxygen atoms in total. The molecule has 3 aromatic carbocycles. The summed E-state index contributed by atoms with van der Waals surface area (Å²) in [7, 11) is 0. The average Bonchev–Trinajstić information content (AvgIpc) is 3.06. The SMILES string of the molecule is CC(=O)Oc1ccc(NC(=O)C2C(=O)N(c3ccccc3)N(c3ccccc3)C2=O)cc1. The first-order valence-corrected chi connectivity index (χ1v) is 9.83. The van der Waals surface area contributed by atoms with Crippen molar-refractivity contribution in [3.8, 4) is 5.75 Å². The maximum absolute atomic E-state index is 13.3. The molecular weight excluding hydrogens is 410 g/mol. The number of para-hydroxylation sites is 2. The topological polar surface area (TPSA) is 96.0 Å². The fraction of sp³-hybridized carbons (Fsp3) is 0.0833. The van der Waals surface area contributed by atoms with Gasteiger partial charge < -0.3 is 10.1 Å². The van der Waals surface area contributed by atoms with Gasteiger partial charge in [-0.15, -0.1) is 0 Å². The summed E-state index contributed by atoms with van der Waals surface area (Å²) < 4.78 is 4.96. The Hall–Kier alpha value is -4.46. The third-order valence-corrected chi connectivity index (χ3v) is 4.76. The highest BCUT2D eigenvalue weighted by molar-refractivity contribution is 6.33. The maximum atomic E-state index is 13.3. The number of esters is 1. The molecule has 0 spiro atoms. The first-order chi connectivity index (χ1) is 15.5. The number of nitrogens with zero attached hydrogens (tertiary/aromatic N) is 2. The highest BCUT2D eigenvalue weighted by atomic mass is 16.5. The molecule has 8 heteroatoms. The molecule has 32 heavy (non-hydrogen) atoms. The van der Waals surface area contributed by atoms with Crippen LogP contribution in [-0.4, -0.2) is 23.7 Å². The number of nitrogens with one attached hydrogen (secondary N) is 1. The third kappa shape index (κ3) is 4.06. The summed E-state index contributed by atoms with van der Waals surface area (Å²) in [4.78, 5) is 50.5. The highest BCUT2D eigenvalue weighted by Crippen LogP contribution is 2.32. The lowest BCUT2D eigenvalue weighted by Crippen LogP contribution is -2.41. The highest BCUT2D eigenvalue weighted by Gasteiger charge is 2.51. The smallest absolute Gasteiger partial charge is 0.308 e. The number of anilines is 3. The van der Waals surface area contributed by atoms with E-state index >= 15 is 0 Å². The number of rotatable bonds is 5.